The van der Waals surface area contributed by atoms with Crippen LogP contribution >= 0.6 is 0 Å². The zero-order valence-electron chi connectivity index (χ0n) is 9.61. The van der Waals surface area contributed by atoms with Gasteiger partial charge in [-0.3, -0.25) is 9.69 Å². The van der Waals surface area contributed by atoms with Gasteiger partial charge in [0, 0.05) is 26.2 Å². The SMILES string of the molecule is CN1CCN(C(=O)CN2CCCC2)CC1. The summed E-state index contributed by atoms with van der Waals surface area (Å²) in [6.07, 6.45) is 2.52. The first-order valence-corrected chi connectivity index (χ1v) is 5.94. The van der Waals surface area contributed by atoms with E-state index in [0.717, 1.165) is 39.3 Å². The molecule has 0 aromatic rings. The molecule has 2 fully saturated rings. The first kappa shape index (κ1) is 10.9. The maximum Gasteiger partial charge on any atom is 0.236 e. The highest BCUT2D eigenvalue weighted by molar-refractivity contribution is 5.78. The van der Waals surface area contributed by atoms with Crippen molar-refractivity contribution in [2.75, 3.05) is 52.9 Å². The zero-order chi connectivity index (χ0) is 10.7. The van der Waals surface area contributed by atoms with E-state index in [2.05, 4.69) is 16.8 Å². The van der Waals surface area contributed by atoms with Gasteiger partial charge in [-0.2, -0.15) is 0 Å². The number of nitrogens with zero attached hydrogens (tertiary/aromatic N) is 3. The number of carbonyl (C=O) groups is 1. The largest absolute Gasteiger partial charge is 0.339 e. The first-order chi connectivity index (χ1) is 7.25. The molecule has 4 heteroatoms. The third kappa shape index (κ3) is 2.92. The molecule has 2 saturated heterocycles. The second-order valence-electron chi connectivity index (χ2n) is 4.67. The smallest absolute Gasteiger partial charge is 0.236 e. The molecule has 0 unspecified atom stereocenters. The van der Waals surface area contributed by atoms with E-state index in [4.69, 9.17) is 0 Å². The third-order valence-corrected chi connectivity index (χ3v) is 3.41. The summed E-state index contributed by atoms with van der Waals surface area (Å²) in [7, 11) is 2.11. The Hall–Kier alpha value is -0.610. The molecular formula is C11H21N3O. The molecule has 0 radical (unpaired) electrons. The van der Waals surface area contributed by atoms with E-state index < -0.39 is 0 Å². The van der Waals surface area contributed by atoms with Crippen molar-refractivity contribution in [2.45, 2.75) is 12.8 Å². The topological polar surface area (TPSA) is 26.8 Å². The highest BCUT2D eigenvalue weighted by Crippen LogP contribution is 2.08. The second-order valence-corrected chi connectivity index (χ2v) is 4.67. The van der Waals surface area contributed by atoms with Gasteiger partial charge in [0.1, 0.15) is 0 Å². The van der Waals surface area contributed by atoms with Crippen LogP contribution in [0.1, 0.15) is 12.8 Å². The van der Waals surface area contributed by atoms with Crippen LogP contribution < -0.4 is 0 Å². The number of carbonyl (C=O) groups excluding carboxylic acids is 1. The van der Waals surface area contributed by atoms with Gasteiger partial charge in [0.05, 0.1) is 6.54 Å². The Morgan fingerprint density at radius 2 is 1.60 bits per heavy atom. The van der Waals surface area contributed by atoms with Crippen LogP contribution in [0.5, 0.6) is 0 Å². The van der Waals surface area contributed by atoms with Gasteiger partial charge < -0.3 is 9.80 Å². The van der Waals surface area contributed by atoms with Crippen LogP contribution in [0.2, 0.25) is 0 Å². The van der Waals surface area contributed by atoms with Gasteiger partial charge in [-0.1, -0.05) is 0 Å². The maximum atomic E-state index is 11.9. The molecule has 0 aromatic heterocycles. The molecule has 0 spiro atoms. The Morgan fingerprint density at radius 3 is 2.20 bits per heavy atom. The highest BCUT2D eigenvalue weighted by atomic mass is 16.2. The molecule has 2 heterocycles. The number of piperazine rings is 1. The average molecular weight is 211 g/mol. The molecule has 0 saturated carbocycles. The monoisotopic (exact) mass is 211 g/mol. The predicted octanol–water partition coefficient (Wildman–Crippen LogP) is -0.144. The van der Waals surface area contributed by atoms with Crippen LogP contribution in [-0.4, -0.2) is 73.5 Å². The van der Waals surface area contributed by atoms with Crippen molar-refractivity contribution in [3.05, 3.63) is 0 Å². The number of hydrogen-bond acceptors (Lipinski definition) is 3. The maximum absolute atomic E-state index is 11.9. The van der Waals surface area contributed by atoms with Crippen molar-refractivity contribution in [3.8, 4) is 0 Å². The van der Waals surface area contributed by atoms with Crippen molar-refractivity contribution in [1.82, 2.24) is 14.7 Å². The lowest BCUT2D eigenvalue weighted by molar-refractivity contribution is -0.133. The molecule has 4 nitrogen and oxygen atoms in total. The normalized spacial score (nSPS) is 24.7. The fourth-order valence-electron chi connectivity index (χ4n) is 2.29. The van der Waals surface area contributed by atoms with Crippen LogP contribution in [0.25, 0.3) is 0 Å². The Morgan fingerprint density at radius 1 is 1.00 bits per heavy atom. The molecule has 15 heavy (non-hydrogen) atoms. The zero-order valence-corrected chi connectivity index (χ0v) is 9.61. The predicted molar refractivity (Wildman–Crippen MR) is 59.8 cm³/mol. The molecule has 0 aliphatic carbocycles. The van der Waals surface area contributed by atoms with Gasteiger partial charge in [0.15, 0.2) is 0 Å². The standard InChI is InChI=1S/C11H21N3O/c1-12-6-8-14(9-7-12)11(15)10-13-4-2-3-5-13/h2-10H2,1H3. The lowest BCUT2D eigenvalue weighted by atomic mass is 10.3. The molecule has 0 aromatic carbocycles. The molecule has 86 valence electrons. The fourth-order valence-corrected chi connectivity index (χ4v) is 2.29. The molecule has 2 rings (SSSR count). The van der Waals surface area contributed by atoms with E-state index in [9.17, 15) is 4.79 Å². The van der Waals surface area contributed by atoms with Gasteiger partial charge >= 0.3 is 0 Å². The van der Waals surface area contributed by atoms with Gasteiger partial charge in [-0.15, -0.1) is 0 Å². The summed E-state index contributed by atoms with van der Waals surface area (Å²) < 4.78 is 0. The molecule has 2 aliphatic rings. The molecule has 2 aliphatic heterocycles. The Balaban J connectivity index is 1.75. The van der Waals surface area contributed by atoms with E-state index in [1.807, 2.05) is 4.90 Å². The quantitative estimate of drug-likeness (QED) is 0.636. The van der Waals surface area contributed by atoms with Crippen LogP contribution in [0.4, 0.5) is 0 Å². The van der Waals surface area contributed by atoms with Crippen molar-refractivity contribution in [3.63, 3.8) is 0 Å². The van der Waals surface area contributed by atoms with Crippen LogP contribution in [0.3, 0.4) is 0 Å². The minimum Gasteiger partial charge on any atom is -0.339 e. The lowest BCUT2D eigenvalue weighted by Gasteiger charge is -2.33. The summed E-state index contributed by atoms with van der Waals surface area (Å²) in [5.74, 6) is 0.324. The van der Waals surface area contributed by atoms with Crippen molar-refractivity contribution < 1.29 is 4.79 Å². The van der Waals surface area contributed by atoms with Crippen LogP contribution in [0.15, 0.2) is 0 Å². The molecular weight excluding hydrogens is 190 g/mol. The van der Waals surface area contributed by atoms with Gasteiger partial charge in [0.2, 0.25) is 5.91 Å². The van der Waals surface area contributed by atoms with E-state index in [0.29, 0.717) is 12.5 Å². The molecule has 0 bridgehead atoms. The fraction of sp³-hybridized carbons (Fsp3) is 0.909. The highest BCUT2D eigenvalue weighted by Gasteiger charge is 2.22. The summed E-state index contributed by atoms with van der Waals surface area (Å²) in [6.45, 7) is 6.71. The minimum absolute atomic E-state index is 0.324. The van der Waals surface area contributed by atoms with Gasteiger partial charge in [-0.05, 0) is 33.0 Å². The number of likely N-dealkylation sites (N-methyl/N-ethyl adjacent to an activating group) is 1. The van der Waals surface area contributed by atoms with Crippen molar-refractivity contribution in [1.29, 1.82) is 0 Å². The Labute approximate surface area is 91.8 Å². The van der Waals surface area contributed by atoms with E-state index in [1.165, 1.54) is 12.8 Å². The summed E-state index contributed by atoms with van der Waals surface area (Å²) in [5, 5.41) is 0. The molecule has 0 N–H and O–H groups in total. The van der Waals surface area contributed by atoms with Crippen LogP contribution in [0, 0.1) is 0 Å². The Kier molecular flexibility index (Phi) is 3.59. The second kappa shape index (κ2) is 4.94. The number of likely N-dealkylation sites (tertiary alicyclic amines) is 1. The summed E-state index contributed by atoms with van der Waals surface area (Å²) >= 11 is 0. The average Bonchev–Trinajstić information content (AvgIpc) is 2.71. The number of rotatable bonds is 2. The van der Waals surface area contributed by atoms with E-state index in [-0.39, 0.29) is 0 Å². The molecule has 0 atom stereocenters. The summed E-state index contributed by atoms with van der Waals surface area (Å²) in [4.78, 5) is 18.5. The number of amides is 1. The van der Waals surface area contributed by atoms with Crippen LogP contribution in [-0.2, 0) is 4.79 Å². The first-order valence-electron chi connectivity index (χ1n) is 5.94. The minimum atomic E-state index is 0.324. The van der Waals surface area contributed by atoms with Gasteiger partial charge in [-0.25, -0.2) is 0 Å². The van der Waals surface area contributed by atoms with E-state index in [1.54, 1.807) is 0 Å². The summed E-state index contributed by atoms with van der Waals surface area (Å²) in [6, 6.07) is 0. The van der Waals surface area contributed by atoms with Crippen molar-refractivity contribution in [2.24, 2.45) is 0 Å². The molecule has 1 amide bonds. The van der Waals surface area contributed by atoms with Crippen molar-refractivity contribution >= 4 is 5.91 Å². The van der Waals surface area contributed by atoms with E-state index >= 15 is 0 Å². The summed E-state index contributed by atoms with van der Waals surface area (Å²) in [5.41, 5.74) is 0. The third-order valence-electron chi connectivity index (χ3n) is 3.41. The van der Waals surface area contributed by atoms with Gasteiger partial charge in [0.25, 0.3) is 0 Å². The number of hydrogen-bond donors (Lipinski definition) is 0. The lowest BCUT2D eigenvalue weighted by Crippen LogP contribution is -2.49. The Bertz CT molecular complexity index is 218.